The zero-order valence-electron chi connectivity index (χ0n) is 13.9. The lowest BCUT2D eigenvalue weighted by molar-refractivity contribution is 0.561. The lowest BCUT2D eigenvalue weighted by atomic mass is 9.91. The summed E-state index contributed by atoms with van der Waals surface area (Å²) in [6.45, 7) is 9.88. The van der Waals surface area contributed by atoms with Gasteiger partial charge in [0.2, 0.25) is 0 Å². The normalized spacial score (nSPS) is 13.6. The van der Waals surface area contributed by atoms with Crippen molar-refractivity contribution in [3.8, 4) is 0 Å². The molecule has 20 heavy (non-hydrogen) atoms. The van der Waals surface area contributed by atoms with Crippen LogP contribution >= 0.6 is 23.1 Å². The summed E-state index contributed by atoms with van der Waals surface area (Å²) in [6.07, 6.45) is 3.33. The van der Waals surface area contributed by atoms with Crippen LogP contribution in [0.25, 0.3) is 0 Å². The number of rotatable bonds is 7. The number of hydrogen-bond donors (Lipinski definition) is 1. The van der Waals surface area contributed by atoms with Gasteiger partial charge in [-0.25, -0.2) is 4.98 Å². The predicted octanol–water partition coefficient (Wildman–Crippen LogP) is 3.74. The Morgan fingerprint density at radius 3 is 2.50 bits per heavy atom. The molecule has 0 aromatic carbocycles. The van der Waals surface area contributed by atoms with E-state index in [0.29, 0.717) is 6.04 Å². The van der Waals surface area contributed by atoms with Crippen LogP contribution < -0.4 is 10.2 Å². The van der Waals surface area contributed by atoms with Crippen LogP contribution in [0.1, 0.15) is 44.7 Å². The van der Waals surface area contributed by atoms with E-state index < -0.39 is 0 Å². The molecule has 1 rings (SSSR count). The summed E-state index contributed by atoms with van der Waals surface area (Å²) in [5, 5.41) is 4.42. The average molecular weight is 316 g/mol. The van der Waals surface area contributed by atoms with Crippen molar-refractivity contribution in [3.05, 3.63) is 10.6 Å². The fourth-order valence-electron chi connectivity index (χ4n) is 2.21. The fraction of sp³-hybridized carbons (Fsp3) is 0.800. The van der Waals surface area contributed by atoms with Crippen LogP contribution in [0, 0.1) is 0 Å². The third-order valence-electron chi connectivity index (χ3n) is 3.41. The molecule has 0 aliphatic heterocycles. The topological polar surface area (TPSA) is 28.2 Å². The Morgan fingerprint density at radius 2 is 2.05 bits per heavy atom. The van der Waals surface area contributed by atoms with E-state index in [1.54, 1.807) is 0 Å². The van der Waals surface area contributed by atoms with Crippen molar-refractivity contribution in [3.63, 3.8) is 0 Å². The molecule has 1 aromatic heterocycles. The summed E-state index contributed by atoms with van der Waals surface area (Å²) in [5.74, 6) is 1.15. The molecule has 116 valence electrons. The first-order chi connectivity index (χ1) is 9.35. The molecule has 0 aliphatic rings. The van der Waals surface area contributed by atoms with Crippen LogP contribution in [0.2, 0.25) is 0 Å². The molecule has 0 spiro atoms. The SMILES string of the molecule is CCC(CSC)N(C)c1nc(C(C)(C)C)c(CNC)s1. The summed E-state index contributed by atoms with van der Waals surface area (Å²) in [7, 11) is 4.18. The molecule has 1 heterocycles. The van der Waals surface area contributed by atoms with Crippen LogP contribution in [-0.4, -0.2) is 37.1 Å². The molecule has 0 amide bonds. The maximum Gasteiger partial charge on any atom is 0.185 e. The molecule has 3 nitrogen and oxygen atoms in total. The van der Waals surface area contributed by atoms with Gasteiger partial charge in [0, 0.05) is 35.7 Å². The molecule has 1 atom stereocenters. The van der Waals surface area contributed by atoms with Gasteiger partial charge in [0.25, 0.3) is 0 Å². The van der Waals surface area contributed by atoms with Gasteiger partial charge in [-0.1, -0.05) is 27.7 Å². The lowest BCUT2D eigenvalue weighted by Crippen LogP contribution is -2.33. The highest BCUT2D eigenvalue weighted by atomic mass is 32.2. The summed E-state index contributed by atoms with van der Waals surface area (Å²) in [6, 6.07) is 0.561. The van der Waals surface area contributed by atoms with E-state index >= 15 is 0 Å². The monoisotopic (exact) mass is 315 g/mol. The van der Waals surface area contributed by atoms with Crippen LogP contribution in [0.4, 0.5) is 5.13 Å². The minimum atomic E-state index is 0.100. The number of thioether (sulfide) groups is 1. The molecule has 0 fully saturated rings. The van der Waals surface area contributed by atoms with Gasteiger partial charge in [0.05, 0.1) is 5.69 Å². The Labute approximate surface area is 132 Å². The molecule has 1 unspecified atom stereocenters. The predicted molar refractivity (Wildman–Crippen MR) is 94.4 cm³/mol. The number of anilines is 1. The van der Waals surface area contributed by atoms with Gasteiger partial charge in [-0.05, 0) is 19.7 Å². The van der Waals surface area contributed by atoms with Gasteiger partial charge in [0.15, 0.2) is 5.13 Å². The molecular formula is C15H29N3S2. The first-order valence-electron chi connectivity index (χ1n) is 7.21. The highest BCUT2D eigenvalue weighted by Gasteiger charge is 2.25. The highest BCUT2D eigenvalue weighted by Crippen LogP contribution is 2.34. The average Bonchev–Trinajstić information content (AvgIpc) is 2.79. The molecule has 1 N–H and O–H groups in total. The zero-order valence-corrected chi connectivity index (χ0v) is 15.5. The van der Waals surface area contributed by atoms with Gasteiger partial charge >= 0.3 is 0 Å². The third kappa shape index (κ3) is 4.37. The summed E-state index contributed by atoms with van der Waals surface area (Å²) < 4.78 is 0. The Hall–Kier alpha value is -0.260. The van der Waals surface area contributed by atoms with Gasteiger partial charge in [-0.15, -0.1) is 11.3 Å². The molecule has 0 aliphatic carbocycles. The molecule has 5 heteroatoms. The molecular weight excluding hydrogens is 286 g/mol. The standard InChI is InChI=1S/C15H29N3S2/c1-8-11(10-19-7)18(6)14-17-13(15(2,3)4)12(20-14)9-16-5/h11,16H,8-10H2,1-7H3. The number of thiazole rings is 1. The van der Waals surface area contributed by atoms with Crippen LogP contribution in [0.15, 0.2) is 0 Å². The van der Waals surface area contributed by atoms with E-state index in [1.165, 1.54) is 10.6 Å². The zero-order chi connectivity index (χ0) is 15.3. The minimum absolute atomic E-state index is 0.100. The van der Waals surface area contributed by atoms with E-state index in [9.17, 15) is 0 Å². The summed E-state index contributed by atoms with van der Waals surface area (Å²) >= 11 is 3.74. The Morgan fingerprint density at radius 1 is 1.40 bits per heavy atom. The molecule has 1 aromatic rings. The fourth-order valence-corrected chi connectivity index (χ4v) is 4.37. The van der Waals surface area contributed by atoms with Crippen molar-refractivity contribution < 1.29 is 0 Å². The molecule has 0 bridgehead atoms. The van der Waals surface area contributed by atoms with Crippen molar-refractivity contribution >= 4 is 28.2 Å². The van der Waals surface area contributed by atoms with Crippen molar-refractivity contribution in [2.24, 2.45) is 0 Å². The van der Waals surface area contributed by atoms with Crippen LogP contribution in [-0.2, 0) is 12.0 Å². The second-order valence-electron chi connectivity index (χ2n) is 6.18. The molecule has 0 saturated carbocycles. The Kier molecular flexibility index (Phi) is 6.82. The maximum atomic E-state index is 4.95. The number of hydrogen-bond acceptors (Lipinski definition) is 5. The molecule has 0 radical (unpaired) electrons. The van der Waals surface area contributed by atoms with Crippen molar-refractivity contribution in [1.29, 1.82) is 0 Å². The van der Waals surface area contributed by atoms with Gasteiger partial charge in [-0.3, -0.25) is 0 Å². The van der Waals surface area contributed by atoms with Crippen LogP contribution in [0.5, 0.6) is 0 Å². The number of nitrogens with zero attached hydrogens (tertiary/aromatic N) is 2. The summed E-state index contributed by atoms with van der Waals surface area (Å²) in [5.41, 5.74) is 1.33. The van der Waals surface area contributed by atoms with Crippen molar-refractivity contribution in [1.82, 2.24) is 10.3 Å². The largest absolute Gasteiger partial charge is 0.347 e. The second kappa shape index (κ2) is 7.66. The Bertz CT molecular complexity index is 410. The lowest BCUT2D eigenvalue weighted by Gasteiger charge is -2.26. The second-order valence-corrected chi connectivity index (χ2v) is 8.15. The smallest absolute Gasteiger partial charge is 0.185 e. The van der Waals surface area contributed by atoms with E-state index in [1.807, 2.05) is 30.1 Å². The van der Waals surface area contributed by atoms with Crippen LogP contribution in [0.3, 0.4) is 0 Å². The quantitative estimate of drug-likeness (QED) is 0.830. The van der Waals surface area contributed by atoms with Gasteiger partial charge in [-0.2, -0.15) is 11.8 Å². The maximum absolute atomic E-state index is 4.95. The summed E-state index contributed by atoms with van der Waals surface area (Å²) in [4.78, 5) is 8.66. The van der Waals surface area contributed by atoms with E-state index in [2.05, 4.69) is 51.2 Å². The van der Waals surface area contributed by atoms with E-state index in [0.717, 1.165) is 23.8 Å². The number of aromatic nitrogens is 1. The van der Waals surface area contributed by atoms with Crippen molar-refractivity contribution in [2.45, 2.75) is 52.1 Å². The minimum Gasteiger partial charge on any atom is -0.347 e. The van der Waals surface area contributed by atoms with Gasteiger partial charge < -0.3 is 10.2 Å². The van der Waals surface area contributed by atoms with Crippen molar-refractivity contribution in [2.75, 3.05) is 31.0 Å². The third-order valence-corrected chi connectivity index (χ3v) is 5.28. The molecule has 0 saturated heterocycles. The first kappa shape index (κ1) is 17.8. The van der Waals surface area contributed by atoms with E-state index in [-0.39, 0.29) is 5.41 Å². The van der Waals surface area contributed by atoms with E-state index in [4.69, 9.17) is 4.98 Å². The Balaban J connectivity index is 3.06. The number of nitrogens with one attached hydrogen (secondary N) is 1. The van der Waals surface area contributed by atoms with Gasteiger partial charge in [0.1, 0.15) is 0 Å². The first-order valence-corrected chi connectivity index (χ1v) is 9.42. The highest BCUT2D eigenvalue weighted by molar-refractivity contribution is 7.98.